The second-order valence-corrected chi connectivity index (χ2v) is 7.07. The van der Waals surface area contributed by atoms with E-state index in [1.807, 2.05) is 12.1 Å². The number of aliphatic imine (C=N–C) groups is 1. The molecule has 0 aliphatic rings. The van der Waals surface area contributed by atoms with Gasteiger partial charge in [-0.15, -0.1) is 35.3 Å². The fraction of sp³-hybridized carbons (Fsp3) is 0.450. The first-order chi connectivity index (χ1) is 12.7. The molecule has 5 nitrogen and oxygen atoms in total. The lowest BCUT2D eigenvalue weighted by Gasteiger charge is -2.15. The first-order valence-electron chi connectivity index (χ1n) is 8.86. The number of nitrogens with one attached hydrogen (secondary N) is 2. The summed E-state index contributed by atoms with van der Waals surface area (Å²) in [4.78, 5) is 5.69. The molecule has 1 aromatic carbocycles. The van der Waals surface area contributed by atoms with Gasteiger partial charge in [0.15, 0.2) is 17.5 Å². The first-order valence-corrected chi connectivity index (χ1v) is 9.74. The summed E-state index contributed by atoms with van der Waals surface area (Å²) in [6.45, 7) is 3.96. The molecule has 0 bridgehead atoms. The number of ether oxygens (including phenoxy) is 2. The molecule has 0 saturated heterocycles. The number of hydrogen-bond donors (Lipinski definition) is 2. The van der Waals surface area contributed by atoms with E-state index in [1.165, 1.54) is 10.4 Å². The van der Waals surface area contributed by atoms with Crippen molar-refractivity contribution in [3.8, 4) is 11.5 Å². The predicted octanol–water partition coefficient (Wildman–Crippen LogP) is 4.28. The van der Waals surface area contributed by atoms with E-state index in [-0.39, 0.29) is 24.0 Å². The van der Waals surface area contributed by atoms with Crippen molar-refractivity contribution in [1.82, 2.24) is 10.6 Å². The minimum absolute atomic E-state index is 0. The topological polar surface area (TPSA) is 54.9 Å². The second kappa shape index (κ2) is 12.8. The van der Waals surface area contributed by atoms with Crippen molar-refractivity contribution in [2.24, 2.45) is 4.99 Å². The van der Waals surface area contributed by atoms with E-state index in [4.69, 9.17) is 9.47 Å². The fourth-order valence-corrected chi connectivity index (χ4v) is 3.47. The van der Waals surface area contributed by atoms with Gasteiger partial charge < -0.3 is 20.1 Å². The van der Waals surface area contributed by atoms with Crippen LogP contribution in [-0.4, -0.2) is 40.3 Å². The average molecular weight is 503 g/mol. The van der Waals surface area contributed by atoms with Gasteiger partial charge in [0, 0.05) is 30.9 Å². The summed E-state index contributed by atoms with van der Waals surface area (Å²) in [6.07, 6.45) is 1.98. The maximum atomic E-state index is 5.35. The summed E-state index contributed by atoms with van der Waals surface area (Å²) >= 11 is 1.80. The Morgan fingerprint density at radius 3 is 2.56 bits per heavy atom. The number of halogens is 1. The molecule has 27 heavy (non-hydrogen) atoms. The lowest BCUT2D eigenvalue weighted by Crippen LogP contribution is -2.39. The molecule has 1 heterocycles. The monoisotopic (exact) mass is 503 g/mol. The van der Waals surface area contributed by atoms with Crippen LogP contribution >= 0.6 is 35.3 Å². The van der Waals surface area contributed by atoms with Crippen molar-refractivity contribution in [2.45, 2.75) is 25.7 Å². The van der Waals surface area contributed by atoms with Crippen LogP contribution in [0.15, 0.2) is 40.7 Å². The van der Waals surface area contributed by atoms with E-state index < -0.39 is 0 Å². The van der Waals surface area contributed by atoms with Crippen molar-refractivity contribution in [1.29, 1.82) is 0 Å². The smallest absolute Gasteiger partial charge is 0.190 e. The van der Waals surface area contributed by atoms with Crippen molar-refractivity contribution < 1.29 is 9.47 Å². The minimum Gasteiger partial charge on any atom is -0.493 e. The summed E-state index contributed by atoms with van der Waals surface area (Å²) < 4.78 is 10.6. The molecular formula is C20H30IN3O2S. The van der Waals surface area contributed by atoms with E-state index in [1.54, 1.807) is 32.6 Å². The SMILES string of the molecule is CN=C(NCCCc1ccc(OC)c(OC)c1)NCC(C)c1cccs1.I. The Hall–Kier alpha value is -1.48. The number of benzene rings is 1. The van der Waals surface area contributed by atoms with Crippen LogP contribution in [0, 0.1) is 0 Å². The van der Waals surface area contributed by atoms with Crippen LogP contribution in [0.4, 0.5) is 0 Å². The number of hydrogen-bond acceptors (Lipinski definition) is 4. The standard InChI is InChI=1S/C20H29N3O2S.HI/c1-15(19-8-6-12-26-19)14-23-20(21-2)22-11-5-7-16-9-10-17(24-3)18(13-16)25-4;/h6,8-10,12-13,15H,5,7,11,14H2,1-4H3,(H2,21,22,23);1H. The predicted molar refractivity (Wildman–Crippen MR) is 125 cm³/mol. The number of thiophene rings is 1. The Kier molecular flexibility index (Phi) is 11.2. The Bertz CT molecular complexity index is 693. The van der Waals surface area contributed by atoms with Gasteiger partial charge in [-0.1, -0.05) is 19.1 Å². The third-order valence-corrected chi connectivity index (χ3v) is 5.31. The summed E-state index contributed by atoms with van der Waals surface area (Å²) in [5, 5.41) is 8.89. The van der Waals surface area contributed by atoms with Gasteiger partial charge in [0.25, 0.3) is 0 Å². The van der Waals surface area contributed by atoms with E-state index in [9.17, 15) is 0 Å². The average Bonchev–Trinajstić information content (AvgIpc) is 3.21. The van der Waals surface area contributed by atoms with Gasteiger partial charge in [-0.3, -0.25) is 4.99 Å². The number of methoxy groups -OCH3 is 2. The van der Waals surface area contributed by atoms with Crippen LogP contribution in [0.3, 0.4) is 0 Å². The molecule has 2 N–H and O–H groups in total. The van der Waals surface area contributed by atoms with Gasteiger partial charge >= 0.3 is 0 Å². The molecule has 0 saturated carbocycles. The molecule has 0 spiro atoms. The number of nitrogens with zero attached hydrogens (tertiary/aromatic N) is 1. The molecule has 1 atom stereocenters. The molecule has 7 heteroatoms. The maximum absolute atomic E-state index is 5.35. The zero-order chi connectivity index (χ0) is 18.8. The molecular weight excluding hydrogens is 473 g/mol. The van der Waals surface area contributed by atoms with Crippen LogP contribution in [0.5, 0.6) is 11.5 Å². The zero-order valence-corrected chi connectivity index (χ0v) is 19.6. The van der Waals surface area contributed by atoms with Crippen molar-refractivity contribution >= 4 is 41.3 Å². The lowest BCUT2D eigenvalue weighted by atomic mass is 10.1. The summed E-state index contributed by atoms with van der Waals surface area (Å²) in [7, 11) is 5.12. The van der Waals surface area contributed by atoms with E-state index in [2.05, 4.69) is 46.1 Å². The van der Waals surface area contributed by atoms with Crippen LogP contribution in [0.25, 0.3) is 0 Å². The number of guanidine groups is 1. The number of aryl methyl sites for hydroxylation is 1. The Morgan fingerprint density at radius 2 is 1.93 bits per heavy atom. The second-order valence-electron chi connectivity index (χ2n) is 6.09. The molecule has 1 aromatic heterocycles. The molecule has 150 valence electrons. The van der Waals surface area contributed by atoms with Crippen LogP contribution in [0.2, 0.25) is 0 Å². The first kappa shape index (κ1) is 23.6. The molecule has 0 aliphatic carbocycles. The highest BCUT2D eigenvalue weighted by Crippen LogP contribution is 2.27. The molecule has 2 rings (SSSR count). The van der Waals surface area contributed by atoms with Crippen LogP contribution < -0.4 is 20.1 Å². The normalized spacial score (nSPS) is 12.1. The quantitative estimate of drug-likeness (QED) is 0.232. The highest BCUT2D eigenvalue weighted by molar-refractivity contribution is 14.0. The van der Waals surface area contributed by atoms with E-state index in [0.717, 1.165) is 43.4 Å². The summed E-state index contributed by atoms with van der Waals surface area (Å²) in [5.74, 6) is 2.86. The van der Waals surface area contributed by atoms with Gasteiger partial charge in [0.05, 0.1) is 14.2 Å². The minimum atomic E-state index is 0. The third kappa shape index (κ3) is 7.57. The van der Waals surface area contributed by atoms with Crippen molar-refractivity contribution in [3.05, 3.63) is 46.2 Å². The van der Waals surface area contributed by atoms with Gasteiger partial charge in [-0.2, -0.15) is 0 Å². The van der Waals surface area contributed by atoms with Crippen molar-refractivity contribution in [3.63, 3.8) is 0 Å². The lowest BCUT2D eigenvalue weighted by molar-refractivity contribution is 0.354. The summed E-state index contributed by atoms with van der Waals surface area (Å²) in [6, 6.07) is 10.3. The fourth-order valence-electron chi connectivity index (χ4n) is 2.68. The number of rotatable bonds is 9. The van der Waals surface area contributed by atoms with E-state index in [0.29, 0.717) is 5.92 Å². The van der Waals surface area contributed by atoms with E-state index >= 15 is 0 Å². The third-order valence-electron chi connectivity index (χ3n) is 4.21. The maximum Gasteiger partial charge on any atom is 0.190 e. The highest BCUT2D eigenvalue weighted by atomic mass is 127. The Labute approximate surface area is 183 Å². The largest absolute Gasteiger partial charge is 0.493 e. The van der Waals surface area contributed by atoms with Gasteiger partial charge in [-0.05, 0) is 42.0 Å². The van der Waals surface area contributed by atoms with Gasteiger partial charge in [0.2, 0.25) is 0 Å². The molecule has 0 radical (unpaired) electrons. The van der Waals surface area contributed by atoms with Gasteiger partial charge in [-0.25, -0.2) is 0 Å². The molecule has 0 fully saturated rings. The molecule has 0 aliphatic heterocycles. The van der Waals surface area contributed by atoms with Crippen LogP contribution in [-0.2, 0) is 6.42 Å². The Morgan fingerprint density at radius 1 is 1.15 bits per heavy atom. The van der Waals surface area contributed by atoms with Gasteiger partial charge in [0.1, 0.15) is 0 Å². The molecule has 2 aromatic rings. The Balaban J connectivity index is 0.00000364. The zero-order valence-electron chi connectivity index (χ0n) is 16.5. The molecule has 0 amide bonds. The van der Waals surface area contributed by atoms with Crippen LogP contribution in [0.1, 0.15) is 29.7 Å². The highest BCUT2D eigenvalue weighted by Gasteiger charge is 2.08. The summed E-state index contributed by atoms with van der Waals surface area (Å²) in [5.41, 5.74) is 1.23. The van der Waals surface area contributed by atoms with Crippen molar-refractivity contribution in [2.75, 3.05) is 34.4 Å². The molecule has 1 unspecified atom stereocenters.